The lowest BCUT2D eigenvalue weighted by Gasteiger charge is -2.13. The van der Waals surface area contributed by atoms with E-state index in [1.165, 1.54) is 19.4 Å². The van der Waals surface area contributed by atoms with E-state index < -0.39 is 16.9 Å². The molecule has 2 N–H and O–H groups in total. The van der Waals surface area contributed by atoms with Crippen molar-refractivity contribution in [3.05, 3.63) is 28.4 Å². The number of hydrogen-bond donors (Lipinski definition) is 2. The van der Waals surface area contributed by atoms with Gasteiger partial charge in [0.05, 0.1) is 17.6 Å². The fourth-order valence-electron chi connectivity index (χ4n) is 1.13. The fraction of sp³-hybridized carbons (Fsp3) is 0.333. The van der Waals surface area contributed by atoms with Crippen molar-refractivity contribution in [3.63, 3.8) is 0 Å². The van der Waals surface area contributed by atoms with Crippen molar-refractivity contribution < 1.29 is 19.6 Å². The molecule has 0 aliphatic carbocycles. The summed E-state index contributed by atoms with van der Waals surface area (Å²) >= 11 is 0. The molecule has 0 aliphatic rings. The molecule has 0 spiro atoms. The molecule has 0 aliphatic heterocycles. The van der Waals surface area contributed by atoms with Gasteiger partial charge in [0.15, 0.2) is 0 Å². The number of nitrogens with zero attached hydrogens (tertiary/aromatic N) is 2. The van der Waals surface area contributed by atoms with E-state index in [9.17, 15) is 14.9 Å². The van der Waals surface area contributed by atoms with E-state index in [2.05, 4.69) is 10.3 Å². The van der Waals surface area contributed by atoms with E-state index in [1.54, 1.807) is 0 Å². The smallest absolute Gasteiger partial charge is 0.328 e. The third-order valence-corrected chi connectivity index (χ3v) is 1.91. The van der Waals surface area contributed by atoms with Crippen LogP contribution in [-0.4, -0.2) is 40.7 Å². The number of carbonyl (C=O) groups is 1. The lowest BCUT2D eigenvalue weighted by atomic mass is 10.3. The molecule has 17 heavy (non-hydrogen) atoms. The number of ether oxygens (including phenoxy) is 1. The quantitative estimate of drug-likeness (QED) is 0.550. The number of nitrogens with one attached hydrogen (secondary N) is 1. The Morgan fingerprint density at radius 2 is 2.47 bits per heavy atom. The third kappa shape index (κ3) is 3.68. The number of anilines is 1. The van der Waals surface area contributed by atoms with E-state index in [-0.39, 0.29) is 18.1 Å². The Morgan fingerprint density at radius 1 is 1.76 bits per heavy atom. The minimum Gasteiger partial charge on any atom is -0.480 e. The van der Waals surface area contributed by atoms with Gasteiger partial charge in [-0.25, -0.2) is 9.78 Å². The summed E-state index contributed by atoms with van der Waals surface area (Å²) in [5.41, 5.74) is -0.163. The molecule has 0 fully saturated rings. The molecule has 0 saturated heterocycles. The molecule has 8 heteroatoms. The van der Waals surface area contributed by atoms with Gasteiger partial charge in [-0.15, -0.1) is 0 Å². The van der Waals surface area contributed by atoms with Gasteiger partial charge in [0.2, 0.25) is 0 Å². The lowest BCUT2D eigenvalue weighted by molar-refractivity contribution is -0.384. The summed E-state index contributed by atoms with van der Waals surface area (Å²) in [6.07, 6.45) is 1.23. The summed E-state index contributed by atoms with van der Waals surface area (Å²) < 4.78 is 4.71. The Bertz CT molecular complexity index is 423. The summed E-state index contributed by atoms with van der Waals surface area (Å²) in [7, 11) is 1.36. The van der Waals surface area contributed by atoms with Gasteiger partial charge in [0, 0.05) is 19.4 Å². The largest absolute Gasteiger partial charge is 0.480 e. The molecule has 8 nitrogen and oxygen atoms in total. The van der Waals surface area contributed by atoms with Crippen molar-refractivity contribution in [1.29, 1.82) is 0 Å². The number of hydrogen-bond acceptors (Lipinski definition) is 6. The average Bonchev–Trinajstić information content (AvgIpc) is 2.28. The van der Waals surface area contributed by atoms with Crippen LogP contribution in [0.5, 0.6) is 0 Å². The van der Waals surface area contributed by atoms with Gasteiger partial charge in [-0.2, -0.15) is 0 Å². The Morgan fingerprint density at radius 3 is 3.00 bits per heavy atom. The zero-order valence-electron chi connectivity index (χ0n) is 8.99. The zero-order chi connectivity index (χ0) is 12.8. The molecule has 0 amide bonds. The van der Waals surface area contributed by atoms with Gasteiger partial charge in [0.1, 0.15) is 11.9 Å². The minimum atomic E-state index is -1.12. The first-order valence-electron chi connectivity index (χ1n) is 4.63. The third-order valence-electron chi connectivity index (χ3n) is 1.91. The number of pyridine rings is 1. The van der Waals surface area contributed by atoms with Gasteiger partial charge in [-0.3, -0.25) is 10.1 Å². The molecule has 0 bridgehead atoms. The standard InChI is InChI=1S/C9H11N3O5/c1-17-5-7(9(13)14)11-8-4-6(12(15)16)2-3-10-8/h2-4,7H,5H2,1H3,(H,10,11)(H,13,14). The second-order valence-electron chi connectivity index (χ2n) is 3.15. The van der Waals surface area contributed by atoms with Crippen LogP contribution in [0.3, 0.4) is 0 Å². The molecule has 1 rings (SSSR count). The summed E-state index contributed by atoms with van der Waals surface area (Å²) in [4.78, 5) is 24.5. The van der Waals surface area contributed by atoms with Crippen molar-refractivity contribution in [3.8, 4) is 0 Å². The molecular weight excluding hydrogens is 230 g/mol. The van der Waals surface area contributed by atoms with Gasteiger partial charge >= 0.3 is 5.97 Å². The van der Waals surface area contributed by atoms with Crippen LogP contribution >= 0.6 is 0 Å². The normalized spacial score (nSPS) is 11.8. The van der Waals surface area contributed by atoms with Crippen LogP contribution in [0.2, 0.25) is 0 Å². The maximum absolute atomic E-state index is 10.8. The SMILES string of the molecule is COCC(Nc1cc([N+](=O)[O-])ccn1)C(=O)O. The highest BCUT2D eigenvalue weighted by Gasteiger charge is 2.18. The van der Waals surface area contributed by atoms with E-state index >= 15 is 0 Å². The van der Waals surface area contributed by atoms with Crippen molar-refractivity contribution >= 4 is 17.5 Å². The summed E-state index contributed by atoms with van der Waals surface area (Å²) in [6.45, 7) is -0.0697. The highest BCUT2D eigenvalue weighted by molar-refractivity contribution is 5.77. The van der Waals surface area contributed by atoms with Crippen LogP contribution < -0.4 is 5.32 Å². The van der Waals surface area contributed by atoms with Gasteiger partial charge < -0.3 is 15.2 Å². The number of aromatic nitrogens is 1. The van der Waals surface area contributed by atoms with Gasteiger partial charge in [0.25, 0.3) is 5.69 Å². The fourth-order valence-corrected chi connectivity index (χ4v) is 1.13. The van der Waals surface area contributed by atoms with Crippen LogP contribution in [0.15, 0.2) is 18.3 Å². The van der Waals surface area contributed by atoms with Crippen molar-refractivity contribution in [2.45, 2.75) is 6.04 Å². The first-order chi connectivity index (χ1) is 8.04. The van der Waals surface area contributed by atoms with Crippen LogP contribution in [0.25, 0.3) is 0 Å². The predicted molar refractivity (Wildman–Crippen MR) is 57.8 cm³/mol. The summed E-state index contributed by atoms with van der Waals surface area (Å²) in [5, 5.41) is 21.9. The minimum absolute atomic E-state index is 0.0697. The van der Waals surface area contributed by atoms with E-state index in [1.807, 2.05) is 0 Å². The molecule has 1 heterocycles. The van der Waals surface area contributed by atoms with Crippen LogP contribution in [0.4, 0.5) is 11.5 Å². The molecule has 1 unspecified atom stereocenters. The molecule has 1 aromatic rings. The van der Waals surface area contributed by atoms with Crippen LogP contribution in [-0.2, 0) is 9.53 Å². The Balaban J connectivity index is 2.82. The molecule has 1 aromatic heterocycles. The Hall–Kier alpha value is -2.22. The number of methoxy groups -OCH3 is 1. The second-order valence-corrected chi connectivity index (χ2v) is 3.15. The van der Waals surface area contributed by atoms with Crippen LogP contribution in [0, 0.1) is 10.1 Å². The highest BCUT2D eigenvalue weighted by Crippen LogP contribution is 2.14. The van der Waals surface area contributed by atoms with E-state index in [4.69, 9.17) is 9.84 Å². The molecular formula is C9H11N3O5. The Labute approximate surface area is 96.4 Å². The first-order valence-corrected chi connectivity index (χ1v) is 4.63. The zero-order valence-corrected chi connectivity index (χ0v) is 8.99. The van der Waals surface area contributed by atoms with E-state index in [0.29, 0.717) is 0 Å². The highest BCUT2D eigenvalue weighted by atomic mass is 16.6. The number of rotatable bonds is 6. The molecule has 0 saturated carbocycles. The lowest BCUT2D eigenvalue weighted by Crippen LogP contribution is -2.33. The number of carboxylic acids is 1. The summed E-state index contributed by atoms with van der Waals surface area (Å²) in [6, 6.07) is 1.37. The topological polar surface area (TPSA) is 115 Å². The first kappa shape index (κ1) is 12.8. The van der Waals surface area contributed by atoms with Gasteiger partial charge in [-0.05, 0) is 0 Å². The molecule has 92 valence electrons. The average molecular weight is 241 g/mol. The predicted octanol–water partition coefficient (Wildman–Crippen LogP) is 0.501. The monoisotopic (exact) mass is 241 g/mol. The van der Waals surface area contributed by atoms with Crippen LogP contribution in [0.1, 0.15) is 0 Å². The molecule has 0 radical (unpaired) electrons. The second kappa shape index (κ2) is 5.75. The van der Waals surface area contributed by atoms with Gasteiger partial charge in [-0.1, -0.05) is 0 Å². The number of carboxylic acid groups (broad SMARTS) is 1. The number of nitro groups is 1. The van der Waals surface area contributed by atoms with Crippen molar-refractivity contribution in [2.24, 2.45) is 0 Å². The number of aliphatic carboxylic acids is 1. The molecule has 0 aromatic carbocycles. The molecule has 1 atom stereocenters. The van der Waals surface area contributed by atoms with E-state index in [0.717, 1.165) is 6.07 Å². The van der Waals surface area contributed by atoms with Crippen molar-refractivity contribution in [2.75, 3.05) is 19.0 Å². The summed E-state index contributed by atoms with van der Waals surface area (Å²) in [5.74, 6) is -1.01. The Kier molecular flexibility index (Phi) is 4.35. The van der Waals surface area contributed by atoms with Crippen molar-refractivity contribution in [1.82, 2.24) is 4.98 Å². The maximum atomic E-state index is 10.8. The maximum Gasteiger partial charge on any atom is 0.328 e.